The van der Waals surface area contributed by atoms with Crippen molar-refractivity contribution in [2.45, 2.75) is 41.0 Å². The SMILES string of the molecule is CCCN1C(=O)S/C(=C/c2ccc(N(c3ccc(C)cc3C)c3ccc(C)cc3C)cc2)C1=O. The summed E-state index contributed by atoms with van der Waals surface area (Å²) in [6.45, 7) is 10.9. The molecule has 0 N–H and O–H groups in total. The van der Waals surface area contributed by atoms with E-state index < -0.39 is 0 Å². The highest BCUT2D eigenvalue weighted by atomic mass is 32.2. The average molecular weight is 471 g/mol. The van der Waals surface area contributed by atoms with Crippen LogP contribution in [-0.4, -0.2) is 22.6 Å². The van der Waals surface area contributed by atoms with Crippen molar-refractivity contribution in [1.29, 1.82) is 0 Å². The Kier molecular flexibility index (Phi) is 6.94. The molecule has 1 aliphatic rings. The Morgan fingerprint density at radius 2 is 1.38 bits per heavy atom. The van der Waals surface area contributed by atoms with Gasteiger partial charge in [0, 0.05) is 23.6 Å². The molecule has 1 aliphatic heterocycles. The number of carbonyl (C=O) groups is 2. The highest BCUT2D eigenvalue weighted by molar-refractivity contribution is 8.18. The molecule has 174 valence electrons. The van der Waals surface area contributed by atoms with Crippen LogP contribution in [0.2, 0.25) is 0 Å². The monoisotopic (exact) mass is 470 g/mol. The van der Waals surface area contributed by atoms with Crippen molar-refractivity contribution in [2.24, 2.45) is 0 Å². The van der Waals surface area contributed by atoms with Gasteiger partial charge in [0.15, 0.2) is 0 Å². The van der Waals surface area contributed by atoms with Gasteiger partial charge >= 0.3 is 0 Å². The minimum atomic E-state index is -0.201. The largest absolute Gasteiger partial charge is 0.310 e. The first-order valence-corrected chi connectivity index (χ1v) is 12.4. The lowest BCUT2D eigenvalue weighted by Gasteiger charge is -2.29. The number of hydrogen-bond donors (Lipinski definition) is 0. The first kappa shape index (κ1) is 23.8. The van der Waals surface area contributed by atoms with E-state index >= 15 is 0 Å². The van der Waals surface area contributed by atoms with Crippen molar-refractivity contribution in [3.05, 3.63) is 93.4 Å². The molecule has 0 radical (unpaired) electrons. The third-order valence-electron chi connectivity index (χ3n) is 5.96. The minimum absolute atomic E-state index is 0.189. The van der Waals surface area contributed by atoms with E-state index in [-0.39, 0.29) is 11.1 Å². The second kappa shape index (κ2) is 9.90. The van der Waals surface area contributed by atoms with E-state index in [1.165, 1.54) is 27.2 Å². The second-order valence-corrected chi connectivity index (χ2v) is 9.83. The number of thioether (sulfide) groups is 1. The van der Waals surface area contributed by atoms with E-state index in [0.717, 1.165) is 40.8 Å². The van der Waals surface area contributed by atoms with E-state index in [1.807, 2.05) is 25.1 Å². The molecule has 5 heteroatoms. The van der Waals surface area contributed by atoms with Crippen molar-refractivity contribution in [2.75, 3.05) is 11.4 Å². The summed E-state index contributed by atoms with van der Waals surface area (Å²) in [6.07, 6.45) is 2.57. The maximum Gasteiger partial charge on any atom is 0.293 e. The average Bonchev–Trinajstić information content (AvgIpc) is 3.05. The van der Waals surface area contributed by atoms with Crippen LogP contribution in [0.5, 0.6) is 0 Å². The number of nitrogens with zero attached hydrogens (tertiary/aromatic N) is 2. The van der Waals surface area contributed by atoms with Crippen LogP contribution in [0.1, 0.15) is 41.2 Å². The summed E-state index contributed by atoms with van der Waals surface area (Å²) in [5.41, 5.74) is 9.06. The Bertz CT molecular complexity index is 1230. The van der Waals surface area contributed by atoms with Crippen LogP contribution in [0.15, 0.2) is 65.6 Å². The lowest BCUT2D eigenvalue weighted by atomic mass is 10.0. The molecule has 4 nitrogen and oxygen atoms in total. The van der Waals surface area contributed by atoms with E-state index in [1.54, 1.807) is 0 Å². The zero-order valence-corrected chi connectivity index (χ0v) is 21.2. The van der Waals surface area contributed by atoms with Gasteiger partial charge in [-0.05, 0) is 92.9 Å². The second-order valence-electron chi connectivity index (χ2n) is 8.84. The molecule has 0 unspecified atom stereocenters. The van der Waals surface area contributed by atoms with Gasteiger partial charge in [-0.25, -0.2) is 0 Å². The van der Waals surface area contributed by atoms with Gasteiger partial charge in [0.1, 0.15) is 0 Å². The van der Waals surface area contributed by atoms with Crippen LogP contribution in [-0.2, 0) is 4.79 Å². The fraction of sp³-hybridized carbons (Fsp3) is 0.241. The molecule has 3 aromatic rings. The van der Waals surface area contributed by atoms with Crippen LogP contribution in [0, 0.1) is 27.7 Å². The minimum Gasteiger partial charge on any atom is -0.310 e. The van der Waals surface area contributed by atoms with Crippen LogP contribution >= 0.6 is 11.8 Å². The van der Waals surface area contributed by atoms with Gasteiger partial charge in [0.05, 0.1) is 4.91 Å². The van der Waals surface area contributed by atoms with Gasteiger partial charge in [-0.15, -0.1) is 0 Å². The third-order valence-corrected chi connectivity index (χ3v) is 6.86. The molecule has 0 aromatic heterocycles. The number of aryl methyl sites for hydroxylation is 4. The van der Waals surface area contributed by atoms with Gasteiger partial charge in [0.25, 0.3) is 11.1 Å². The molecule has 4 rings (SSSR count). The quantitative estimate of drug-likeness (QED) is 0.344. The molecule has 0 aliphatic carbocycles. The van der Waals surface area contributed by atoms with E-state index in [0.29, 0.717) is 11.4 Å². The van der Waals surface area contributed by atoms with E-state index in [9.17, 15) is 9.59 Å². The van der Waals surface area contributed by atoms with Crippen LogP contribution < -0.4 is 4.90 Å². The fourth-order valence-corrected chi connectivity index (χ4v) is 5.17. The molecule has 0 spiro atoms. The Morgan fingerprint density at radius 3 is 1.88 bits per heavy atom. The van der Waals surface area contributed by atoms with Crippen molar-refractivity contribution in [3.8, 4) is 0 Å². The van der Waals surface area contributed by atoms with Crippen LogP contribution in [0.25, 0.3) is 6.08 Å². The van der Waals surface area contributed by atoms with Crippen molar-refractivity contribution in [1.82, 2.24) is 4.90 Å². The molecular formula is C29H30N2O2S. The number of anilines is 3. The molecule has 0 atom stereocenters. The summed E-state index contributed by atoms with van der Waals surface area (Å²) >= 11 is 1.02. The highest BCUT2D eigenvalue weighted by Gasteiger charge is 2.34. The first-order chi connectivity index (χ1) is 16.3. The van der Waals surface area contributed by atoms with E-state index in [4.69, 9.17) is 0 Å². The molecule has 34 heavy (non-hydrogen) atoms. The molecule has 2 amide bonds. The number of carbonyl (C=O) groups excluding carboxylic acids is 2. The topological polar surface area (TPSA) is 40.6 Å². The number of benzene rings is 3. The highest BCUT2D eigenvalue weighted by Crippen LogP contribution is 2.39. The van der Waals surface area contributed by atoms with Gasteiger partial charge in [-0.1, -0.05) is 54.4 Å². The molecule has 1 heterocycles. The van der Waals surface area contributed by atoms with Gasteiger partial charge in [-0.2, -0.15) is 0 Å². The number of hydrogen-bond acceptors (Lipinski definition) is 4. The van der Waals surface area contributed by atoms with Gasteiger partial charge in [0.2, 0.25) is 0 Å². The van der Waals surface area contributed by atoms with Crippen molar-refractivity contribution >= 4 is 46.0 Å². The molecule has 0 saturated carbocycles. The predicted molar refractivity (Wildman–Crippen MR) is 143 cm³/mol. The third kappa shape index (κ3) is 4.80. The normalized spacial score (nSPS) is 14.9. The lowest BCUT2D eigenvalue weighted by Crippen LogP contribution is -2.28. The zero-order chi connectivity index (χ0) is 24.4. The zero-order valence-electron chi connectivity index (χ0n) is 20.4. The van der Waals surface area contributed by atoms with Crippen LogP contribution in [0.3, 0.4) is 0 Å². The smallest absolute Gasteiger partial charge is 0.293 e. The number of amides is 2. The van der Waals surface area contributed by atoms with Crippen molar-refractivity contribution < 1.29 is 9.59 Å². The molecule has 1 fully saturated rings. The van der Waals surface area contributed by atoms with Crippen LogP contribution in [0.4, 0.5) is 21.9 Å². The fourth-order valence-electron chi connectivity index (χ4n) is 4.31. The summed E-state index contributed by atoms with van der Waals surface area (Å²) in [4.78, 5) is 28.8. The lowest BCUT2D eigenvalue weighted by molar-refractivity contribution is -0.122. The Balaban J connectivity index is 1.72. The van der Waals surface area contributed by atoms with Gasteiger partial charge in [-0.3, -0.25) is 14.5 Å². The molecular weight excluding hydrogens is 440 g/mol. The molecule has 1 saturated heterocycles. The summed E-state index contributed by atoms with van der Waals surface area (Å²) in [5, 5.41) is -0.189. The number of imide groups is 1. The maximum atomic E-state index is 12.6. The standard InChI is InChI=1S/C29H30N2O2S/c1-6-15-30-28(32)27(34-29(30)33)18-23-9-11-24(12-10-23)31(25-13-7-19(2)16-21(25)4)26-14-8-20(3)17-22(26)5/h7-14,16-18H,6,15H2,1-5H3/b27-18+. The molecule has 0 bridgehead atoms. The Labute approximate surface area is 206 Å². The number of rotatable bonds is 6. The van der Waals surface area contributed by atoms with Gasteiger partial charge < -0.3 is 4.90 Å². The summed E-state index contributed by atoms with van der Waals surface area (Å²) < 4.78 is 0. The summed E-state index contributed by atoms with van der Waals surface area (Å²) in [7, 11) is 0. The predicted octanol–water partition coefficient (Wildman–Crippen LogP) is 7.84. The summed E-state index contributed by atoms with van der Waals surface area (Å²) in [5.74, 6) is -0.201. The van der Waals surface area contributed by atoms with E-state index in [2.05, 4.69) is 81.1 Å². The Hall–Kier alpha value is -3.31. The first-order valence-electron chi connectivity index (χ1n) is 11.6. The van der Waals surface area contributed by atoms with Crippen molar-refractivity contribution in [3.63, 3.8) is 0 Å². The maximum absolute atomic E-state index is 12.6. The molecule has 3 aromatic carbocycles. The summed E-state index contributed by atoms with van der Waals surface area (Å²) in [6, 6.07) is 21.2. The Morgan fingerprint density at radius 1 is 0.824 bits per heavy atom.